The summed E-state index contributed by atoms with van der Waals surface area (Å²) in [4.78, 5) is 15.3. The maximum atomic E-state index is 15.4. The molecule has 3 aromatic rings. The minimum absolute atomic E-state index is 0.0116. The minimum Gasteiger partial charge on any atom is -0.507 e. The fraction of sp³-hybridized carbons (Fsp3) is 0.522. The lowest BCUT2D eigenvalue weighted by Crippen LogP contribution is -2.65. The SMILES string of the molecule is Cc1nc2cc(O)c(-c3ncc(N(C)[C@@H]4C[C@@]5(C)CC[C@](C)(N5)[C@@H]4F)nn3)cc2nc1C. The zero-order valence-electron chi connectivity index (χ0n) is 19.0. The number of aromatic hydroxyl groups is 1. The summed E-state index contributed by atoms with van der Waals surface area (Å²) < 4.78 is 15.4. The van der Waals surface area contributed by atoms with Gasteiger partial charge in [-0.05, 0) is 53.0 Å². The van der Waals surface area contributed by atoms with Gasteiger partial charge in [0.25, 0.3) is 0 Å². The molecule has 0 spiro atoms. The Kier molecular flexibility index (Phi) is 4.60. The van der Waals surface area contributed by atoms with Crippen molar-refractivity contribution in [1.82, 2.24) is 30.5 Å². The molecular formula is C23H28FN7O. The van der Waals surface area contributed by atoms with E-state index < -0.39 is 11.7 Å². The van der Waals surface area contributed by atoms with Crippen molar-refractivity contribution in [2.75, 3.05) is 11.9 Å². The average molecular weight is 438 g/mol. The lowest BCUT2D eigenvalue weighted by atomic mass is 9.82. The largest absolute Gasteiger partial charge is 0.507 e. The number of benzene rings is 1. The van der Waals surface area contributed by atoms with Crippen LogP contribution in [0.15, 0.2) is 18.3 Å². The highest BCUT2D eigenvalue weighted by atomic mass is 19.1. The van der Waals surface area contributed by atoms with E-state index in [0.717, 1.165) is 24.2 Å². The third-order valence-corrected chi connectivity index (χ3v) is 7.23. The second-order valence-corrected chi connectivity index (χ2v) is 9.78. The number of piperidine rings is 1. The van der Waals surface area contributed by atoms with Crippen LogP contribution in [0.2, 0.25) is 0 Å². The van der Waals surface area contributed by atoms with Crippen LogP contribution in [-0.4, -0.2) is 60.6 Å². The van der Waals surface area contributed by atoms with Gasteiger partial charge in [-0.3, -0.25) is 0 Å². The van der Waals surface area contributed by atoms with E-state index in [-0.39, 0.29) is 23.2 Å². The van der Waals surface area contributed by atoms with Gasteiger partial charge in [-0.2, -0.15) is 0 Å². The van der Waals surface area contributed by atoms with Crippen LogP contribution >= 0.6 is 0 Å². The number of hydrogen-bond donors (Lipinski definition) is 2. The summed E-state index contributed by atoms with van der Waals surface area (Å²) in [6.45, 7) is 7.89. The van der Waals surface area contributed by atoms with Gasteiger partial charge in [-0.1, -0.05) is 0 Å². The molecule has 0 amide bonds. The first-order valence-electron chi connectivity index (χ1n) is 10.9. The van der Waals surface area contributed by atoms with E-state index in [1.165, 1.54) is 0 Å². The van der Waals surface area contributed by atoms with Crippen molar-refractivity contribution in [2.24, 2.45) is 0 Å². The van der Waals surface area contributed by atoms with Crippen molar-refractivity contribution in [2.45, 2.75) is 70.2 Å². The van der Waals surface area contributed by atoms with E-state index in [1.807, 2.05) is 32.7 Å². The number of anilines is 1. The molecule has 168 valence electrons. The Labute approximate surface area is 186 Å². The smallest absolute Gasteiger partial charge is 0.185 e. The number of fused-ring (bicyclic) bond motifs is 3. The Hall–Kier alpha value is -2.94. The fourth-order valence-corrected chi connectivity index (χ4v) is 5.20. The van der Waals surface area contributed by atoms with Crippen molar-refractivity contribution in [3.8, 4) is 17.1 Å². The van der Waals surface area contributed by atoms with Crippen LogP contribution in [0, 0.1) is 13.8 Å². The Morgan fingerprint density at radius 2 is 1.78 bits per heavy atom. The first-order chi connectivity index (χ1) is 15.1. The summed E-state index contributed by atoms with van der Waals surface area (Å²) in [5.41, 5.74) is 2.72. The number of aryl methyl sites for hydroxylation is 2. The van der Waals surface area contributed by atoms with Gasteiger partial charge >= 0.3 is 0 Å². The number of alkyl halides is 1. The molecule has 0 saturated carbocycles. The van der Waals surface area contributed by atoms with Gasteiger partial charge in [0.05, 0.1) is 40.2 Å². The van der Waals surface area contributed by atoms with Crippen molar-refractivity contribution in [3.63, 3.8) is 0 Å². The highest BCUT2D eigenvalue weighted by molar-refractivity contribution is 5.84. The van der Waals surface area contributed by atoms with Gasteiger partial charge in [-0.15, -0.1) is 10.2 Å². The molecule has 2 aliphatic heterocycles. The molecule has 9 heteroatoms. The normalized spacial score (nSPS) is 29.4. The summed E-state index contributed by atoms with van der Waals surface area (Å²) in [6.07, 6.45) is 3.02. The molecule has 0 unspecified atom stereocenters. The molecule has 4 atom stereocenters. The molecule has 1 aromatic carbocycles. The van der Waals surface area contributed by atoms with Crippen molar-refractivity contribution >= 4 is 16.9 Å². The fourth-order valence-electron chi connectivity index (χ4n) is 5.20. The van der Waals surface area contributed by atoms with Gasteiger partial charge in [-0.25, -0.2) is 19.3 Å². The Bertz CT molecular complexity index is 1200. The molecule has 2 aliphatic rings. The second kappa shape index (κ2) is 7.03. The average Bonchev–Trinajstić information content (AvgIpc) is 3.03. The van der Waals surface area contributed by atoms with Gasteiger partial charge in [0.1, 0.15) is 11.9 Å². The molecule has 2 N–H and O–H groups in total. The number of aromatic nitrogens is 5. The first kappa shape index (κ1) is 20.9. The highest BCUT2D eigenvalue weighted by Gasteiger charge is 2.56. The number of nitrogens with one attached hydrogen (secondary N) is 1. The van der Waals surface area contributed by atoms with Gasteiger partial charge in [0.15, 0.2) is 11.6 Å². The van der Waals surface area contributed by atoms with Gasteiger partial charge in [0.2, 0.25) is 0 Å². The number of phenols is 1. The van der Waals surface area contributed by atoms with E-state index in [2.05, 4.69) is 37.4 Å². The molecule has 5 rings (SSSR count). The Morgan fingerprint density at radius 3 is 2.44 bits per heavy atom. The number of halogens is 1. The number of hydrogen-bond acceptors (Lipinski definition) is 8. The predicted octanol–water partition coefficient (Wildman–Crippen LogP) is 3.25. The maximum Gasteiger partial charge on any atom is 0.185 e. The summed E-state index contributed by atoms with van der Waals surface area (Å²) >= 11 is 0. The van der Waals surface area contributed by atoms with E-state index in [0.29, 0.717) is 28.8 Å². The molecule has 2 bridgehead atoms. The van der Waals surface area contributed by atoms with Crippen molar-refractivity contribution < 1.29 is 9.50 Å². The molecule has 2 saturated heterocycles. The second-order valence-electron chi connectivity index (χ2n) is 9.78. The van der Waals surface area contributed by atoms with Crippen LogP contribution in [0.4, 0.5) is 10.2 Å². The van der Waals surface area contributed by atoms with E-state index in [1.54, 1.807) is 18.3 Å². The standard InChI is InChI=1S/C23H28FN7O/c1-12-13(2)27-16-9-18(32)14(8-15(16)26-12)21-25-11-19(28-29-21)31(5)17-10-22(3)6-7-23(4,30-22)20(17)24/h8-9,11,17,20,30,32H,6-7,10H2,1-5H3/t17-,20-,22-,23+/m1/s1. The topological polar surface area (TPSA) is 100.0 Å². The van der Waals surface area contributed by atoms with E-state index in [4.69, 9.17) is 0 Å². The van der Waals surface area contributed by atoms with Gasteiger partial charge < -0.3 is 15.3 Å². The van der Waals surface area contributed by atoms with E-state index in [9.17, 15) is 5.11 Å². The molecule has 0 aliphatic carbocycles. The summed E-state index contributed by atoms with van der Waals surface area (Å²) in [7, 11) is 1.84. The number of rotatable bonds is 3. The molecular weight excluding hydrogens is 409 g/mol. The zero-order valence-corrected chi connectivity index (χ0v) is 19.0. The quantitative estimate of drug-likeness (QED) is 0.644. The number of nitrogens with zero attached hydrogens (tertiary/aromatic N) is 6. The number of phenolic OH excluding ortho intramolecular Hbond substituents is 1. The lowest BCUT2D eigenvalue weighted by Gasteiger charge is -2.47. The van der Waals surface area contributed by atoms with Crippen LogP contribution in [0.25, 0.3) is 22.4 Å². The molecule has 8 nitrogen and oxygen atoms in total. The maximum absolute atomic E-state index is 15.4. The zero-order chi connectivity index (χ0) is 22.8. The molecule has 2 aromatic heterocycles. The van der Waals surface area contributed by atoms with Crippen molar-refractivity contribution in [3.05, 3.63) is 29.7 Å². The predicted molar refractivity (Wildman–Crippen MR) is 120 cm³/mol. The highest BCUT2D eigenvalue weighted by Crippen LogP contribution is 2.45. The van der Waals surface area contributed by atoms with Crippen molar-refractivity contribution in [1.29, 1.82) is 0 Å². The molecule has 0 radical (unpaired) electrons. The summed E-state index contributed by atoms with van der Waals surface area (Å²) in [6, 6.07) is 2.97. The van der Waals surface area contributed by atoms with Crippen LogP contribution < -0.4 is 10.2 Å². The van der Waals surface area contributed by atoms with Crippen LogP contribution in [-0.2, 0) is 0 Å². The third-order valence-electron chi connectivity index (χ3n) is 7.23. The van der Waals surface area contributed by atoms with Crippen LogP contribution in [0.5, 0.6) is 5.75 Å². The Morgan fingerprint density at radius 1 is 1.09 bits per heavy atom. The van der Waals surface area contributed by atoms with Crippen LogP contribution in [0.3, 0.4) is 0 Å². The minimum atomic E-state index is -1.03. The first-order valence-corrected chi connectivity index (χ1v) is 10.9. The molecule has 32 heavy (non-hydrogen) atoms. The summed E-state index contributed by atoms with van der Waals surface area (Å²) in [5, 5.41) is 22.6. The molecule has 2 fully saturated rings. The monoisotopic (exact) mass is 437 g/mol. The van der Waals surface area contributed by atoms with E-state index >= 15 is 4.39 Å². The Balaban J connectivity index is 1.44. The lowest BCUT2D eigenvalue weighted by molar-refractivity contribution is 0.0859. The third kappa shape index (κ3) is 3.26. The van der Waals surface area contributed by atoms with Crippen LogP contribution in [0.1, 0.15) is 44.5 Å². The van der Waals surface area contributed by atoms with Gasteiger partial charge in [0, 0.05) is 24.2 Å². The summed E-state index contributed by atoms with van der Waals surface area (Å²) in [5.74, 6) is 0.793. The molecule has 4 heterocycles.